The van der Waals surface area contributed by atoms with Gasteiger partial charge in [-0.15, -0.1) is 0 Å². The number of amides is 2. The zero-order chi connectivity index (χ0) is 61.9. The van der Waals surface area contributed by atoms with Crippen LogP contribution in [0.25, 0.3) is 0 Å². The maximum Gasteiger partial charge on any atom is 0.217 e. The molecule has 84 heavy (non-hydrogen) atoms. The fraction of sp³-hybridized carbons (Fsp3) is 0.957. The van der Waals surface area contributed by atoms with Crippen LogP contribution in [0.15, 0.2) is 0 Å². The number of hydrogen-bond donors (Lipinski definition) is 23. The van der Waals surface area contributed by atoms with Gasteiger partial charge in [-0.05, 0) is 0 Å². The minimum atomic E-state index is -2.43. The number of rotatable bonds is 21. The molecule has 488 valence electrons. The molecule has 38 heteroatoms. The first-order valence-electron chi connectivity index (χ1n) is 26.6. The van der Waals surface area contributed by atoms with Gasteiger partial charge in [0.25, 0.3) is 0 Å². The van der Waals surface area contributed by atoms with Gasteiger partial charge in [0.05, 0.1) is 46.2 Å². The Labute approximate surface area is 475 Å². The molecule has 0 aliphatic carbocycles. The Bertz CT molecular complexity index is 2060. The first kappa shape index (κ1) is 69.1. The Kier molecular flexibility index (Phi) is 24.6. The van der Waals surface area contributed by atoms with E-state index in [1.54, 1.807) is 0 Å². The van der Waals surface area contributed by atoms with Crippen LogP contribution in [-0.2, 0) is 71.2 Å². The smallest absolute Gasteiger partial charge is 0.217 e. The SMILES string of the molecule is CC(=O)N[C@@H]1[C@@H](O)[C@H](O[C@@H]2O[C@H](CO)[C@@H](O[C@@H]3O[C@H](CO[C@H]4O[C@H](CO)[C@@H](O)[C@H](O)[C@H]4O)[C@@H](O)[C@H](O[C@H]4O[C@H](CO)[C@@H](O)[C@H](O)[C@@H]4O[C@H]4O[C@H](CO)[C@@H](O)[C@H](O)[C@@H]4O[C@H]4O[C@H](CO)[C@@H](O)[C@H](O)[C@@H]4O)[C@@H]3O)[C@H](O)[C@H]2NC(C)=O)[C@@H](CO)O[C@H]1O. The summed E-state index contributed by atoms with van der Waals surface area (Å²) in [4.78, 5) is 24.7. The molecule has 7 aliphatic rings. The number of carbonyl (C=O) groups excluding carboxylic acids is 2. The molecule has 0 saturated carbocycles. The van der Waals surface area contributed by atoms with Crippen LogP contribution >= 0.6 is 0 Å². The quantitative estimate of drug-likeness (QED) is 0.0507. The first-order chi connectivity index (χ1) is 39.7. The van der Waals surface area contributed by atoms with Crippen LogP contribution in [0.2, 0.25) is 0 Å². The molecule has 38 nitrogen and oxygen atoms in total. The molecule has 35 atom stereocenters. The maximum atomic E-state index is 12.7. The van der Waals surface area contributed by atoms with Gasteiger partial charge in [-0.25, -0.2) is 0 Å². The Balaban J connectivity index is 1.21. The zero-order valence-electron chi connectivity index (χ0n) is 44.7. The molecule has 0 aromatic heterocycles. The van der Waals surface area contributed by atoms with E-state index < -0.39 is 273 Å². The number of carbonyl (C=O) groups is 2. The molecular formula is C46H78N2O36. The van der Waals surface area contributed by atoms with Gasteiger partial charge in [0, 0.05) is 13.8 Å². The number of aliphatic hydroxyl groups is 21. The van der Waals surface area contributed by atoms with E-state index in [0.717, 1.165) is 13.8 Å². The summed E-state index contributed by atoms with van der Waals surface area (Å²) in [7, 11) is 0. The van der Waals surface area contributed by atoms with E-state index in [1.807, 2.05) is 0 Å². The minimum absolute atomic E-state index is 0.742. The Morgan fingerprint density at radius 3 is 1.12 bits per heavy atom. The van der Waals surface area contributed by atoms with Crippen molar-refractivity contribution in [1.29, 1.82) is 0 Å². The largest absolute Gasteiger partial charge is 0.394 e. The van der Waals surface area contributed by atoms with Gasteiger partial charge in [-0.1, -0.05) is 0 Å². The van der Waals surface area contributed by atoms with E-state index in [-0.39, 0.29) is 0 Å². The Morgan fingerprint density at radius 1 is 0.310 bits per heavy atom. The lowest BCUT2D eigenvalue weighted by molar-refractivity contribution is -0.407. The molecule has 23 N–H and O–H groups in total. The first-order valence-corrected chi connectivity index (χ1v) is 26.6. The van der Waals surface area contributed by atoms with Crippen LogP contribution in [0, 0.1) is 0 Å². The molecule has 0 spiro atoms. The van der Waals surface area contributed by atoms with E-state index >= 15 is 0 Å². The predicted molar refractivity (Wildman–Crippen MR) is 255 cm³/mol. The summed E-state index contributed by atoms with van der Waals surface area (Å²) in [5.41, 5.74) is 0. The van der Waals surface area contributed by atoms with Crippen LogP contribution in [0.5, 0.6) is 0 Å². The van der Waals surface area contributed by atoms with Crippen LogP contribution in [0.4, 0.5) is 0 Å². The summed E-state index contributed by atoms with van der Waals surface area (Å²) in [6.07, 6.45) is -66.5. The molecule has 0 unspecified atom stereocenters. The predicted octanol–water partition coefficient (Wildman–Crippen LogP) is -16.0. The Hall–Kier alpha value is -2.42. The summed E-state index contributed by atoms with van der Waals surface area (Å²) in [6.45, 7) is -5.03. The van der Waals surface area contributed by atoms with Crippen molar-refractivity contribution in [1.82, 2.24) is 10.6 Å². The van der Waals surface area contributed by atoms with Crippen molar-refractivity contribution in [3.63, 3.8) is 0 Å². The van der Waals surface area contributed by atoms with Crippen molar-refractivity contribution in [3.05, 3.63) is 0 Å². The summed E-state index contributed by atoms with van der Waals surface area (Å²) in [5, 5.41) is 232. The highest BCUT2D eigenvalue weighted by atomic mass is 16.8. The molecule has 7 fully saturated rings. The second-order valence-corrected chi connectivity index (χ2v) is 21.1. The van der Waals surface area contributed by atoms with Crippen molar-refractivity contribution >= 4 is 11.8 Å². The van der Waals surface area contributed by atoms with Gasteiger partial charge < -0.3 is 179 Å². The number of aliphatic hydroxyl groups excluding tert-OH is 21. The molecule has 7 rings (SSSR count). The fourth-order valence-electron chi connectivity index (χ4n) is 10.7. The molecule has 7 aliphatic heterocycles. The van der Waals surface area contributed by atoms with Gasteiger partial charge >= 0.3 is 0 Å². The third kappa shape index (κ3) is 14.7. The Morgan fingerprint density at radius 2 is 0.643 bits per heavy atom. The van der Waals surface area contributed by atoms with Crippen molar-refractivity contribution in [2.24, 2.45) is 0 Å². The molecule has 2 amide bonds. The minimum Gasteiger partial charge on any atom is -0.394 e. The number of hydrogen-bond acceptors (Lipinski definition) is 36. The van der Waals surface area contributed by atoms with Crippen LogP contribution in [0.1, 0.15) is 13.8 Å². The molecule has 7 saturated heterocycles. The van der Waals surface area contributed by atoms with Crippen molar-refractivity contribution in [2.45, 2.75) is 229 Å². The van der Waals surface area contributed by atoms with Gasteiger partial charge in [0.2, 0.25) is 11.8 Å². The van der Waals surface area contributed by atoms with Gasteiger partial charge in [0.1, 0.15) is 171 Å². The molecule has 7 heterocycles. The standard InChI is InChI=1S/C46H78N2O36/c1-10(55)47-19-26(62)35(16(7-53)73-40(19)71)80-41-20(48-11(2)56)27(63)36(17(8-54)78-41)81-44-34(70)37(25(61)18(79-44)9-72-42-32(68)28(64)21(57)12(3-49)74-42)82-45-39(31(67)24(60)14(5-51)76-45)84-46-38(30(66)23(59)15(6-52)77-46)83-43-33(69)29(65)22(58)13(4-50)75-43/h12-46,49-54,57-71H,3-9H2,1-2H3,(H,47,55)(H,48,56)/t12-,13-,14-,15-,16-,17-,18-,19-,20-,21-,22-,23-,24-,25-,26-,27-,28+,29+,30+,31+,32-,33+,34+,35-,36-,37+,38+,39+,40-,41+,42+,43-,44+,45-,46-/m1/s1. The number of nitrogens with one attached hydrogen (secondary N) is 2. The van der Waals surface area contributed by atoms with E-state index in [2.05, 4.69) is 10.6 Å². The van der Waals surface area contributed by atoms with Gasteiger partial charge in [0.15, 0.2) is 44.0 Å². The fourth-order valence-corrected chi connectivity index (χ4v) is 10.7. The lowest BCUT2D eigenvalue weighted by Crippen LogP contribution is -2.70. The highest BCUT2D eigenvalue weighted by molar-refractivity contribution is 5.73. The average Bonchev–Trinajstić information content (AvgIpc) is 2.60. The lowest BCUT2D eigenvalue weighted by atomic mass is 9.94. The monoisotopic (exact) mass is 1230 g/mol. The second kappa shape index (κ2) is 29.9. The topological polar surface area (TPSA) is 603 Å². The van der Waals surface area contributed by atoms with Crippen molar-refractivity contribution in [2.75, 3.05) is 46.2 Å². The van der Waals surface area contributed by atoms with Gasteiger partial charge in [-0.3, -0.25) is 9.59 Å². The van der Waals surface area contributed by atoms with E-state index in [1.165, 1.54) is 0 Å². The molecular weight excluding hydrogens is 1160 g/mol. The van der Waals surface area contributed by atoms with Crippen LogP contribution in [-0.4, -0.2) is 380 Å². The van der Waals surface area contributed by atoms with E-state index in [9.17, 15) is 117 Å². The third-order valence-electron chi connectivity index (χ3n) is 15.3. The normalized spacial score (nSPS) is 50.3. The summed E-state index contributed by atoms with van der Waals surface area (Å²) >= 11 is 0. The second-order valence-electron chi connectivity index (χ2n) is 21.1. The highest BCUT2D eigenvalue weighted by Crippen LogP contribution is 2.38. The maximum absolute atomic E-state index is 12.7. The summed E-state index contributed by atoms with van der Waals surface area (Å²) in [6, 6.07) is -3.39. The van der Waals surface area contributed by atoms with E-state index in [4.69, 9.17) is 61.6 Å². The third-order valence-corrected chi connectivity index (χ3v) is 15.3. The van der Waals surface area contributed by atoms with E-state index in [0.29, 0.717) is 0 Å². The zero-order valence-corrected chi connectivity index (χ0v) is 44.7. The van der Waals surface area contributed by atoms with Crippen LogP contribution in [0.3, 0.4) is 0 Å². The highest BCUT2D eigenvalue weighted by Gasteiger charge is 2.59. The summed E-state index contributed by atoms with van der Waals surface area (Å²) in [5.74, 6) is -1.62. The lowest BCUT2D eigenvalue weighted by Gasteiger charge is -2.51. The summed E-state index contributed by atoms with van der Waals surface area (Å²) < 4.78 is 75.0. The molecule has 0 aromatic rings. The van der Waals surface area contributed by atoms with Crippen molar-refractivity contribution < 1.29 is 178 Å². The number of ether oxygens (including phenoxy) is 13. The molecule has 0 aromatic carbocycles. The molecule has 0 bridgehead atoms. The van der Waals surface area contributed by atoms with Crippen molar-refractivity contribution in [3.8, 4) is 0 Å². The molecule has 0 radical (unpaired) electrons. The average molecular weight is 1240 g/mol. The van der Waals surface area contributed by atoms with Crippen LogP contribution < -0.4 is 10.6 Å². The van der Waals surface area contributed by atoms with Gasteiger partial charge in [-0.2, -0.15) is 0 Å².